The van der Waals surface area contributed by atoms with Crippen molar-refractivity contribution in [3.8, 4) is 0 Å². The van der Waals surface area contributed by atoms with Gasteiger partial charge < -0.3 is 30.6 Å². The number of allylic oxidation sites excluding steroid dienone is 14. The zero-order valence-electron chi connectivity index (χ0n) is 34.0. The third-order valence-electron chi connectivity index (χ3n) is 8.54. The van der Waals surface area contributed by atoms with Gasteiger partial charge in [0.1, 0.15) is 12.1 Å². The van der Waals surface area contributed by atoms with Gasteiger partial charge in [-0.3, -0.25) is 4.79 Å². The molecule has 2 amide bonds. The number of aliphatic carboxylic acids is 2. The Bertz CT molecular complexity index is 1980. The van der Waals surface area contributed by atoms with E-state index in [1.54, 1.807) is 41.5 Å². The Balaban J connectivity index is 1.52. The number of aliphatic hydroxyl groups is 4. The second kappa shape index (κ2) is 29.3. The Morgan fingerprint density at radius 2 is 1.48 bits per heavy atom. The number of benzene rings is 1. The molecule has 1 aliphatic heterocycles. The molecule has 62 heavy (non-hydrogen) atoms. The fourth-order valence-corrected chi connectivity index (χ4v) is 9.42. The van der Waals surface area contributed by atoms with Crippen LogP contribution in [0.4, 0.5) is 5.69 Å². The number of nitrogens with one attached hydrogen (secondary N) is 3. The van der Waals surface area contributed by atoms with Gasteiger partial charge >= 0.3 is 170 Å². The molecule has 0 aromatic heterocycles. The molecule has 0 bridgehead atoms. The minimum atomic E-state index is -1.27. The number of carbonyl (C=O) groups is 4. The summed E-state index contributed by atoms with van der Waals surface area (Å²) in [7, 11) is 2.11. The van der Waals surface area contributed by atoms with Crippen molar-refractivity contribution in [2.45, 2.75) is 12.1 Å². The second-order valence-electron chi connectivity index (χ2n) is 13.0. The number of aliphatic hydroxyl groups excluding tert-OH is 4. The van der Waals surface area contributed by atoms with Crippen molar-refractivity contribution in [2.75, 3.05) is 73.6 Å². The molecule has 9 N–H and O–H groups in total. The van der Waals surface area contributed by atoms with Crippen molar-refractivity contribution in [1.29, 1.82) is 0 Å². The van der Waals surface area contributed by atoms with E-state index in [9.17, 15) is 49.8 Å². The summed E-state index contributed by atoms with van der Waals surface area (Å²) in [6, 6.07) is 4.94. The van der Waals surface area contributed by atoms with Crippen LogP contribution >= 0.6 is 21.6 Å². The van der Waals surface area contributed by atoms with E-state index in [2.05, 4.69) is 22.2 Å². The molecule has 1 aromatic carbocycles. The number of carboxylic acid groups (broad SMARTS) is 2. The molecule has 16 nitrogen and oxygen atoms in total. The van der Waals surface area contributed by atoms with Crippen molar-refractivity contribution < 1.29 is 79.1 Å². The summed E-state index contributed by atoms with van der Waals surface area (Å²) in [4.78, 5) is 56.4. The van der Waals surface area contributed by atoms with E-state index < -0.39 is 57.3 Å². The molecule has 0 spiro atoms. The smallest absolute Gasteiger partial charge is 0.327 e. The fourth-order valence-electron chi connectivity index (χ4n) is 5.47. The number of carboxylic acids is 2. The zero-order chi connectivity index (χ0) is 45.1. The van der Waals surface area contributed by atoms with Crippen LogP contribution in [0.15, 0.2) is 127 Å². The molecule has 2 atom stereocenters. The SMILES string of the molecule is C=C/C=C\C(/C=C\c1ccc(N(CCO)CCO)cc1)=[NH+]CC(=O)NC(CSSCC(NC(=O)CN1C=CC=CC1=CC=C1C=CC(=[N+](CCO)[I-]CO)C=C1)C(=O)O)C(=O)O. The van der Waals surface area contributed by atoms with E-state index in [0.29, 0.717) is 31.0 Å². The van der Waals surface area contributed by atoms with Crippen molar-refractivity contribution >= 4 is 68.5 Å². The summed E-state index contributed by atoms with van der Waals surface area (Å²) in [6.07, 6.45) is 26.9. The average Bonchev–Trinajstić information content (AvgIpc) is 3.26. The number of hydrogen-bond donors (Lipinski definition) is 9. The number of anilines is 1. The third kappa shape index (κ3) is 18.9. The van der Waals surface area contributed by atoms with Gasteiger partial charge in [0.2, 0.25) is 6.54 Å². The summed E-state index contributed by atoms with van der Waals surface area (Å²) in [5, 5.41) is 62.0. The van der Waals surface area contributed by atoms with Crippen molar-refractivity contribution in [2.24, 2.45) is 0 Å². The van der Waals surface area contributed by atoms with E-state index in [1.165, 1.54) is 0 Å². The van der Waals surface area contributed by atoms with Crippen LogP contribution in [0.25, 0.3) is 6.08 Å². The molecular formula is C43H54IN6O10S2+. The van der Waals surface area contributed by atoms with Crippen LogP contribution in [-0.2, 0) is 19.2 Å². The number of hydrogen-bond acceptors (Lipinski definition) is 12. The monoisotopic (exact) mass is 1010 g/mol. The van der Waals surface area contributed by atoms with Crippen LogP contribution < -0.4 is 42.0 Å². The Morgan fingerprint density at radius 1 is 0.839 bits per heavy atom. The number of nitrogens with zero attached hydrogens (tertiary/aromatic N) is 3. The van der Waals surface area contributed by atoms with Crippen LogP contribution in [0.2, 0.25) is 0 Å². The van der Waals surface area contributed by atoms with E-state index >= 15 is 0 Å². The molecular weight excluding hydrogens is 952 g/mol. The quantitative estimate of drug-likeness (QED) is 0.00814. The topological polar surface area (TPSA) is 237 Å². The molecule has 3 rings (SSSR count). The van der Waals surface area contributed by atoms with E-state index in [0.717, 1.165) is 44.1 Å². The van der Waals surface area contributed by atoms with Crippen LogP contribution in [0, 0.1) is 0 Å². The van der Waals surface area contributed by atoms with Gasteiger partial charge in [-0.25, -0.2) is 14.6 Å². The van der Waals surface area contributed by atoms with Gasteiger partial charge in [0, 0.05) is 42.4 Å². The zero-order valence-corrected chi connectivity index (χ0v) is 37.8. The van der Waals surface area contributed by atoms with Crippen LogP contribution in [0.1, 0.15) is 5.56 Å². The number of amides is 2. The Labute approximate surface area is 379 Å². The predicted octanol–water partition coefficient (Wildman–Crippen LogP) is -3.00. The minimum absolute atomic E-state index is 0.0157. The minimum Gasteiger partial charge on any atom is -0.480 e. The summed E-state index contributed by atoms with van der Waals surface area (Å²) in [5.74, 6) is -3.79. The maximum Gasteiger partial charge on any atom is 0.327 e. The van der Waals surface area contributed by atoms with Crippen LogP contribution in [0.5, 0.6) is 0 Å². The normalized spacial score (nSPS) is 15.4. The van der Waals surface area contributed by atoms with Gasteiger partial charge in [0.15, 0.2) is 5.71 Å². The van der Waals surface area contributed by atoms with Gasteiger partial charge in [-0.15, -0.1) is 0 Å². The maximum atomic E-state index is 13.0. The summed E-state index contributed by atoms with van der Waals surface area (Å²) in [5.41, 5.74) is 4.72. The molecule has 0 fully saturated rings. The van der Waals surface area contributed by atoms with Crippen LogP contribution in [0.3, 0.4) is 0 Å². The van der Waals surface area contributed by atoms with E-state index in [1.807, 2.05) is 86.6 Å². The molecule has 2 aliphatic rings. The molecule has 334 valence electrons. The number of alkyl halides is 1. The summed E-state index contributed by atoms with van der Waals surface area (Å²) < 4.78 is 2.04. The number of carbonyl (C=O) groups excluding carboxylic acids is 2. The Hall–Kier alpha value is -5.03. The van der Waals surface area contributed by atoms with Gasteiger partial charge in [-0.1, -0.05) is 52.5 Å². The third-order valence-corrected chi connectivity index (χ3v) is 13.1. The molecule has 0 radical (unpaired) electrons. The Morgan fingerprint density at radius 3 is 2.06 bits per heavy atom. The second-order valence-corrected chi connectivity index (χ2v) is 18.1. The van der Waals surface area contributed by atoms with Gasteiger partial charge in [0.05, 0.1) is 13.2 Å². The first-order valence-electron chi connectivity index (χ1n) is 19.3. The number of halogens is 1. The largest absolute Gasteiger partial charge is 0.480 e. The summed E-state index contributed by atoms with van der Waals surface area (Å²) >= 11 is -0.650. The van der Waals surface area contributed by atoms with Crippen molar-refractivity contribution in [1.82, 2.24) is 15.5 Å². The molecule has 2 unspecified atom stereocenters. The predicted molar refractivity (Wildman–Crippen MR) is 240 cm³/mol. The van der Waals surface area contributed by atoms with Gasteiger partial charge in [-0.05, 0) is 23.8 Å². The molecule has 1 aliphatic carbocycles. The Kier molecular flexibility index (Phi) is 24.3. The average molecular weight is 1010 g/mol. The van der Waals surface area contributed by atoms with E-state index in [-0.39, 0.29) is 49.0 Å². The molecule has 1 heterocycles. The van der Waals surface area contributed by atoms with E-state index in [4.69, 9.17) is 0 Å². The first-order chi connectivity index (χ1) is 30.0. The first-order valence-corrected chi connectivity index (χ1v) is 24.3. The van der Waals surface area contributed by atoms with Gasteiger partial charge in [-0.2, -0.15) is 0 Å². The molecule has 1 aromatic rings. The summed E-state index contributed by atoms with van der Waals surface area (Å²) in [6.45, 7) is 4.36. The van der Waals surface area contributed by atoms with Gasteiger partial charge in [0.25, 0.3) is 5.91 Å². The van der Waals surface area contributed by atoms with Crippen LogP contribution in [-0.4, -0.2) is 154 Å². The number of rotatable bonds is 27. The molecule has 0 saturated carbocycles. The standard InChI is InChI=1S/C43H53IN6O10S2/c1-2-3-6-34(14-8-32-10-16-36(17-11-32)48(21-24-51)22-25-52)45-27-40(55)46-38(42(57)58)29-61-62-30-39(43(59)60)47-41(56)28-49-20-5-4-7-35(49)15-9-33-12-18-37(19-13-33)50(23-26-53)44-31-54/h2-20,38-39,51-54H,1,21-31H2,(H,46,55)(H,47,56)(H,57,58)(H,59,60)/p+1/b6-3-,14-8-,33-9?,35-15?,45-34?,50-37?. The molecule has 0 saturated heterocycles. The molecule has 19 heteroatoms. The van der Waals surface area contributed by atoms with Crippen molar-refractivity contribution in [3.63, 3.8) is 0 Å². The fraction of sp³-hybridized carbons (Fsp3) is 0.302. The van der Waals surface area contributed by atoms with Crippen molar-refractivity contribution in [3.05, 3.63) is 133 Å². The maximum absolute atomic E-state index is 13.0. The first kappa shape index (κ1) is 51.3.